The Hall–Kier alpha value is -1.35. The van der Waals surface area contributed by atoms with E-state index in [1.807, 2.05) is 31.2 Å². The van der Waals surface area contributed by atoms with Gasteiger partial charge < -0.3 is 21.1 Å². The topological polar surface area (TPSA) is 88.7 Å². The second kappa shape index (κ2) is 8.94. The standard InChI is InChI=1S/C15H22N4O2.HI/c1-10(9-21-2)18-15(16)17-8-11-7-14(20)19-13-6-4-3-5-12(11)13;/h3-6,10-11H,7-9H2,1-2H3,(H,19,20)(H3,16,17,18);1H. The van der Waals surface area contributed by atoms with Crippen LogP contribution in [0, 0.1) is 0 Å². The van der Waals surface area contributed by atoms with E-state index < -0.39 is 0 Å². The number of hydrogen-bond acceptors (Lipinski definition) is 3. The van der Waals surface area contributed by atoms with Gasteiger partial charge in [0.2, 0.25) is 5.91 Å². The van der Waals surface area contributed by atoms with Crippen molar-refractivity contribution in [2.24, 2.45) is 10.7 Å². The molecule has 0 fully saturated rings. The van der Waals surface area contributed by atoms with Crippen molar-refractivity contribution < 1.29 is 9.53 Å². The third kappa shape index (κ3) is 5.13. The van der Waals surface area contributed by atoms with E-state index in [0.29, 0.717) is 25.5 Å². The Morgan fingerprint density at radius 2 is 2.27 bits per heavy atom. The Morgan fingerprint density at radius 1 is 1.55 bits per heavy atom. The van der Waals surface area contributed by atoms with Gasteiger partial charge in [-0.1, -0.05) is 18.2 Å². The number of carbonyl (C=O) groups is 1. The molecule has 0 aliphatic carbocycles. The van der Waals surface area contributed by atoms with Gasteiger partial charge in [0.05, 0.1) is 13.2 Å². The van der Waals surface area contributed by atoms with Gasteiger partial charge in [-0.25, -0.2) is 0 Å². The van der Waals surface area contributed by atoms with Crippen LogP contribution in [0.25, 0.3) is 0 Å². The summed E-state index contributed by atoms with van der Waals surface area (Å²) in [7, 11) is 1.64. The van der Waals surface area contributed by atoms with Crippen LogP contribution in [0.5, 0.6) is 0 Å². The van der Waals surface area contributed by atoms with Crippen molar-refractivity contribution in [1.82, 2.24) is 5.32 Å². The average Bonchev–Trinajstić information content (AvgIpc) is 2.44. The first kappa shape index (κ1) is 18.7. The van der Waals surface area contributed by atoms with Crippen LogP contribution < -0.4 is 16.4 Å². The molecule has 4 N–H and O–H groups in total. The number of ether oxygens (including phenoxy) is 1. The minimum absolute atomic E-state index is 0. The Balaban J connectivity index is 0.00000242. The Labute approximate surface area is 147 Å². The fourth-order valence-electron chi connectivity index (χ4n) is 2.46. The number of benzene rings is 1. The number of para-hydroxylation sites is 1. The average molecular weight is 418 g/mol. The molecule has 0 saturated carbocycles. The lowest BCUT2D eigenvalue weighted by Gasteiger charge is -2.24. The maximum Gasteiger partial charge on any atom is 0.225 e. The number of aliphatic imine (C=N–C) groups is 1. The molecule has 1 aliphatic heterocycles. The summed E-state index contributed by atoms with van der Waals surface area (Å²) in [4.78, 5) is 16.1. The van der Waals surface area contributed by atoms with Crippen molar-refractivity contribution in [3.05, 3.63) is 29.8 Å². The van der Waals surface area contributed by atoms with Crippen LogP contribution in [0.4, 0.5) is 5.69 Å². The Kier molecular flexibility index (Phi) is 7.60. The molecule has 7 heteroatoms. The number of carbonyl (C=O) groups excluding carboxylic acids is 1. The van der Waals surface area contributed by atoms with Crippen molar-refractivity contribution in [2.45, 2.75) is 25.3 Å². The number of hydrogen-bond donors (Lipinski definition) is 3. The third-order valence-corrected chi connectivity index (χ3v) is 3.40. The Bertz CT molecular complexity index is 536. The van der Waals surface area contributed by atoms with Crippen LogP contribution in [0.2, 0.25) is 0 Å². The number of nitrogens with two attached hydrogens (primary N) is 1. The molecule has 1 aromatic rings. The van der Waals surface area contributed by atoms with Crippen LogP contribution in [-0.2, 0) is 9.53 Å². The first-order chi connectivity index (χ1) is 10.1. The highest BCUT2D eigenvalue weighted by Gasteiger charge is 2.24. The maximum atomic E-state index is 11.7. The summed E-state index contributed by atoms with van der Waals surface area (Å²) in [5.74, 6) is 0.462. The maximum absolute atomic E-state index is 11.7. The quantitative estimate of drug-likeness (QED) is 0.386. The number of fused-ring (bicyclic) bond motifs is 1. The fourth-order valence-corrected chi connectivity index (χ4v) is 2.46. The van der Waals surface area contributed by atoms with Crippen molar-refractivity contribution in [3.8, 4) is 0 Å². The van der Waals surface area contributed by atoms with E-state index in [4.69, 9.17) is 10.5 Å². The van der Waals surface area contributed by atoms with Gasteiger partial charge in [-0.15, -0.1) is 24.0 Å². The van der Waals surface area contributed by atoms with Crippen LogP contribution in [0.15, 0.2) is 29.3 Å². The predicted molar refractivity (Wildman–Crippen MR) is 98.8 cm³/mol. The third-order valence-electron chi connectivity index (χ3n) is 3.40. The van der Waals surface area contributed by atoms with Gasteiger partial charge in [0, 0.05) is 31.2 Å². The molecule has 2 rings (SSSR count). The van der Waals surface area contributed by atoms with Gasteiger partial charge in [0.25, 0.3) is 0 Å². The zero-order valence-electron chi connectivity index (χ0n) is 12.8. The molecule has 0 aromatic heterocycles. The van der Waals surface area contributed by atoms with E-state index in [-0.39, 0.29) is 41.8 Å². The monoisotopic (exact) mass is 418 g/mol. The van der Waals surface area contributed by atoms with Gasteiger partial charge in [0.1, 0.15) is 0 Å². The van der Waals surface area contributed by atoms with E-state index in [1.54, 1.807) is 7.11 Å². The van der Waals surface area contributed by atoms with Crippen molar-refractivity contribution >= 4 is 41.5 Å². The molecule has 2 unspecified atom stereocenters. The number of nitrogens with zero attached hydrogens (tertiary/aromatic N) is 1. The number of halogens is 1. The van der Waals surface area contributed by atoms with Crippen LogP contribution in [0.3, 0.4) is 0 Å². The summed E-state index contributed by atoms with van der Waals surface area (Å²) in [6.07, 6.45) is 0.432. The van der Waals surface area contributed by atoms with Crippen LogP contribution >= 0.6 is 24.0 Å². The second-order valence-corrected chi connectivity index (χ2v) is 5.26. The van der Waals surface area contributed by atoms with Crippen molar-refractivity contribution in [1.29, 1.82) is 0 Å². The molecule has 0 radical (unpaired) electrons. The summed E-state index contributed by atoms with van der Waals surface area (Å²) < 4.78 is 5.03. The molecular weight excluding hydrogens is 395 g/mol. The summed E-state index contributed by atoms with van der Waals surface area (Å²) in [6, 6.07) is 7.90. The first-order valence-electron chi connectivity index (χ1n) is 7.04. The lowest BCUT2D eigenvalue weighted by Crippen LogP contribution is -2.41. The highest BCUT2D eigenvalue weighted by molar-refractivity contribution is 14.0. The van der Waals surface area contributed by atoms with Crippen LogP contribution in [-0.4, -0.2) is 38.2 Å². The fraction of sp³-hybridized carbons (Fsp3) is 0.467. The minimum Gasteiger partial charge on any atom is -0.383 e. The van der Waals surface area contributed by atoms with E-state index >= 15 is 0 Å². The van der Waals surface area contributed by atoms with Crippen LogP contribution in [0.1, 0.15) is 24.8 Å². The Morgan fingerprint density at radius 3 is 3.00 bits per heavy atom. The van der Waals surface area contributed by atoms with Gasteiger partial charge in [-0.2, -0.15) is 0 Å². The number of guanidine groups is 1. The highest BCUT2D eigenvalue weighted by atomic mass is 127. The van der Waals surface area contributed by atoms with Gasteiger partial charge >= 0.3 is 0 Å². The molecule has 2 atom stereocenters. The van der Waals surface area contributed by atoms with Gasteiger partial charge in [-0.3, -0.25) is 9.79 Å². The summed E-state index contributed by atoms with van der Waals surface area (Å²) in [5.41, 5.74) is 7.84. The van der Waals surface area contributed by atoms with E-state index in [2.05, 4.69) is 15.6 Å². The summed E-state index contributed by atoms with van der Waals surface area (Å²) in [6.45, 7) is 3.02. The van der Waals surface area contributed by atoms with Crippen molar-refractivity contribution in [3.63, 3.8) is 0 Å². The molecule has 1 aliphatic rings. The molecule has 1 aromatic carbocycles. The molecule has 1 heterocycles. The first-order valence-corrected chi connectivity index (χ1v) is 7.04. The minimum atomic E-state index is 0. The highest BCUT2D eigenvalue weighted by Crippen LogP contribution is 2.31. The lowest BCUT2D eigenvalue weighted by atomic mass is 9.91. The zero-order chi connectivity index (χ0) is 15.2. The smallest absolute Gasteiger partial charge is 0.225 e. The normalized spacial score (nSPS) is 18.7. The number of anilines is 1. The predicted octanol–water partition coefficient (Wildman–Crippen LogP) is 1.67. The van der Waals surface area contributed by atoms with E-state index in [0.717, 1.165) is 11.3 Å². The molecular formula is C15H23IN4O2. The molecule has 6 nitrogen and oxygen atoms in total. The number of nitrogens with one attached hydrogen (secondary N) is 2. The zero-order valence-corrected chi connectivity index (χ0v) is 15.2. The van der Waals surface area contributed by atoms with Gasteiger partial charge in [-0.05, 0) is 18.6 Å². The van der Waals surface area contributed by atoms with Gasteiger partial charge in [0.15, 0.2) is 5.96 Å². The molecule has 22 heavy (non-hydrogen) atoms. The molecule has 0 spiro atoms. The summed E-state index contributed by atoms with van der Waals surface area (Å²) in [5, 5.41) is 5.93. The SMILES string of the molecule is COCC(C)NC(N)=NCC1CC(=O)Nc2ccccc21.I. The van der Waals surface area contributed by atoms with E-state index in [9.17, 15) is 4.79 Å². The molecule has 122 valence electrons. The number of methoxy groups -OCH3 is 1. The molecule has 0 bridgehead atoms. The number of rotatable bonds is 5. The number of amides is 1. The summed E-state index contributed by atoms with van der Waals surface area (Å²) >= 11 is 0. The molecule has 1 amide bonds. The lowest BCUT2D eigenvalue weighted by molar-refractivity contribution is -0.116. The van der Waals surface area contributed by atoms with Crippen molar-refractivity contribution in [2.75, 3.05) is 25.6 Å². The second-order valence-electron chi connectivity index (χ2n) is 5.26. The largest absolute Gasteiger partial charge is 0.383 e. The molecule has 0 saturated heterocycles. The van der Waals surface area contributed by atoms with E-state index in [1.165, 1.54) is 0 Å².